The molecule has 0 N–H and O–H groups in total. The Morgan fingerprint density at radius 1 is 0.312 bits per heavy atom. The van der Waals surface area contributed by atoms with Crippen molar-refractivity contribution in [3.05, 3.63) is 12.2 Å². The highest BCUT2D eigenvalue weighted by Crippen LogP contribution is 2.19. The number of carbonyl (C=O) groups excluding carboxylic acids is 1. The number of hydrogen-bond donors (Lipinski definition) is 0. The van der Waals surface area contributed by atoms with Gasteiger partial charge in [0.05, 0.1) is 6.61 Å². The Labute approximate surface area is 406 Å². The monoisotopic (exact) mass is 899 g/mol. The van der Waals surface area contributed by atoms with Gasteiger partial charge >= 0.3 is 5.97 Å². The predicted octanol–water partition coefficient (Wildman–Crippen LogP) is 22.8. The minimum Gasteiger partial charge on any atom is -0.466 e. The van der Waals surface area contributed by atoms with Crippen molar-refractivity contribution in [1.82, 2.24) is 0 Å². The van der Waals surface area contributed by atoms with E-state index in [1.807, 2.05) is 0 Å². The van der Waals surface area contributed by atoms with E-state index in [2.05, 4.69) is 32.9 Å². The Morgan fingerprint density at radius 3 is 0.828 bits per heavy atom. The summed E-state index contributed by atoms with van der Waals surface area (Å²) in [5, 5.41) is 0. The predicted molar refractivity (Wildman–Crippen MR) is 290 cm³/mol. The Morgan fingerprint density at radius 2 is 0.547 bits per heavy atom. The van der Waals surface area contributed by atoms with Crippen LogP contribution in [0.3, 0.4) is 0 Å². The summed E-state index contributed by atoms with van der Waals surface area (Å²) in [6.07, 6.45) is 79.8. The molecule has 0 fully saturated rings. The van der Waals surface area contributed by atoms with Crippen LogP contribution in [0.4, 0.5) is 0 Å². The van der Waals surface area contributed by atoms with Gasteiger partial charge in [-0.15, -0.1) is 0 Å². The van der Waals surface area contributed by atoms with Crippen LogP contribution in [0.25, 0.3) is 0 Å². The van der Waals surface area contributed by atoms with Crippen molar-refractivity contribution in [3.63, 3.8) is 0 Å². The standard InChI is InChI=1S/C62H122O2/c1-4-5-6-7-8-9-10-11-12-13-14-28-32-35-38-41-44-47-50-53-56-59-62(63)64-60-57-54-51-48-45-42-39-36-33-30-27-25-23-21-19-17-15-16-18-20-22-24-26-29-31-34-37-40-43-46-49-52-55-58-61(2)3/h11-12,61H,4-10,13-60H2,1-3H3. The summed E-state index contributed by atoms with van der Waals surface area (Å²) < 4.78 is 5.52. The van der Waals surface area contributed by atoms with Crippen molar-refractivity contribution in [2.45, 2.75) is 367 Å². The highest BCUT2D eigenvalue weighted by Gasteiger charge is 2.03. The third-order valence-corrected chi connectivity index (χ3v) is 14.3. The van der Waals surface area contributed by atoms with Gasteiger partial charge in [0.1, 0.15) is 0 Å². The molecule has 64 heavy (non-hydrogen) atoms. The van der Waals surface area contributed by atoms with Crippen molar-refractivity contribution in [2.75, 3.05) is 6.61 Å². The van der Waals surface area contributed by atoms with Gasteiger partial charge in [-0.25, -0.2) is 0 Å². The molecule has 0 atom stereocenters. The van der Waals surface area contributed by atoms with E-state index in [1.54, 1.807) is 0 Å². The molecule has 382 valence electrons. The van der Waals surface area contributed by atoms with Crippen LogP contribution in [0.5, 0.6) is 0 Å². The van der Waals surface area contributed by atoms with E-state index in [0.717, 1.165) is 18.8 Å². The van der Waals surface area contributed by atoms with E-state index in [0.29, 0.717) is 13.0 Å². The van der Waals surface area contributed by atoms with Crippen molar-refractivity contribution < 1.29 is 9.53 Å². The molecule has 0 aromatic heterocycles. The van der Waals surface area contributed by atoms with Crippen LogP contribution in [0.15, 0.2) is 12.2 Å². The quantitative estimate of drug-likeness (QED) is 0.0345. The molecule has 0 unspecified atom stereocenters. The molecule has 0 aliphatic carbocycles. The lowest BCUT2D eigenvalue weighted by molar-refractivity contribution is -0.143. The van der Waals surface area contributed by atoms with Gasteiger partial charge in [0.15, 0.2) is 0 Å². The summed E-state index contributed by atoms with van der Waals surface area (Å²) in [5.74, 6) is 0.921. The van der Waals surface area contributed by atoms with Crippen LogP contribution in [0.2, 0.25) is 0 Å². The molecule has 0 aromatic carbocycles. The molecule has 0 radical (unpaired) electrons. The normalized spacial score (nSPS) is 11.8. The first-order valence-electron chi connectivity index (χ1n) is 30.5. The highest BCUT2D eigenvalue weighted by atomic mass is 16.5. The average Bonchev–Trinajstić information content (AvgIpc) is 3.29. The number of carbonyl (C=O) groups is 1. The lowest BCUT2D eigenvalue weighted by Gasteiger charge is -2.06. The van der Waals surface area contributed by atoms with E-state index in [-0.39, 0.29) is 5.97 Å². The van der Waals surface area contributed by atoms with Gasteiger partial charge in [-0.3, -0.25) is 4.79 Å². The lowest BCUT2D eigenvalue weighted by Crippen LogP contribution is -2.05. The van der Waals surface area contributed by atoms with Crippen LogP contribution in [0, 0.1) is 5.92 Å². The van der Waals surface area contributed by atoms with Crippen LogP contribution in [0.1, 0.15) is 367 Å². The molecular weight excluding hydrogens is 777 g/mol. The molecule has 2 heteroatoms. The van der Waals surface area contributed by atoms with E-state index in [4.69, 9.17) is 4.74 Å². The van der Waals surface area contributed by atoms with E-state index in [1.165, 1.54) is 327 Å². The zero-order valence-electron chi connectivity index (χ0n) is 44.9. The summed E-state index contributed by atoms with van der Waals surface area (Å²) in [7, 11) is 0. The number of allylic oxidation sites excluding steroid dienone is 2. The minimum absolute atomic E-state index is 0.0318. The van der Waals surface area contributed by atoms with E-state index >= 15 is 0 Å². The molecule has 0 spiro atoms. The molecule has 0 saturated carbocycles. The zero-order valence-corrected chi connectivity index (χ0v) is 44.9. The Balaban J connectivity index is 3.15. The summed E-state index contributed by atoms with van der Waals surface area (Å²) in [4.78, 5) is 12.1. The number of hydrogen-bond acceptors (Lipinski definition) is 2. The fourth-order valence-corrected chi connectivity index (χ4v) is 9.79. The number of unbranched alkanes of at least 4 members (excludes halogenated alkanes) is 49. The second-order valence-corrected chi connectivity index (χ2v) is 21.5. The second kappa shape index (κ2) is 58.3. The molecule has 0 bridgehead atoms. The van der Waals surface area contributed by atoms with E-state index in [9.17, 15) is 4.79 Å². The van der Waals surface area contributed by atoms with Crippen molar-refractivity contribution in [3.8, 4) is 0 Å². The van der Waals surface area contributed by atoms with Crippen LogP contribution in [-0.4, -0.2) is 12.6 Å². The maximum absolute atomic E-state index is 12.1. The van der Waals surface area contributed by atoms with Crippen LogP contribution in [-0.2, 0) is 9.53 Å². The summed E-state index contributed by atoms with van der Waals surface area (Å²) in [5.41, 5.74) is 0. The molecule has 0 aliphatic rings. The van der Waals surface area contributed by atoms with Crippen molar-refractivity contribution in [2.24, 2.45) is 5.92 Å². The van der Waals surface area contributed by atoms with E-state index < -0.39 is 0 Å². The number of ether oxygens (including phenoxy) is 1. The van der Waals surface area contributed by atoms with Crippen molar-refractivity contribution >= 4 is 5.97 Å². The van der Waals surface area contributed by atoms with Crippen LogP contribution >= 0.6 is 0 Å². The number of rotatable bonds is 57. The molecular formula is C62H122O2. The smallest absolute Gasteiger partial charge is 0.305 e. The molecule has 0 heterocycles. The maximum atomic E-state index is 12.1. The Bertz CT molecular complexity index is 861. The zero-order chi connectivity index (χ0) is 46.2. The Kier molecular flexibility index (Phi) is 57.6. The molecule has 0 amide bonds. The van der Waals surface area contributed by atoms with Gasteiger partial charge in [-0.05, 0) is 44.4 Å². The summed E-state index contributed by atoms with van der Waals surface area (Å²) in [6, 6.07) is 0. The fraction of sp³-hybridized carbons (Fsp3) is 0.952. The van der Waals surface area contributed by atoms with Gasteiger partial charge in [0, 0.05) is 6.42 Å². The van der Waals surface area contributed by atoms with Gasteiger partial charge in [-0.1, -0.05) is 335 Å². The van der Waals surface area contributed by atoms with Crippen molar-refractivity contribution in [1.29, 1.82) is 0 Å². The molecule has 0 aliphatic heterocycles. The molecule has 0 saturated heterocycles. The van der Waals surface area contributed by atoms with Crippen LogP contribution < -0.4 is 0 Å². The van der Waals surface area contributed by atoms with Gasteiger partial charge < -0.3 is 4.74 Å². The summed E-state index contributed by atoms with van der Waals surface area (Å²) >= 11 is 0. The molecule has 0 rings (SSSR count). The van der Waals surface area contributed by atoms with Gasteiger partial charge in [-0.2, -0.15) is 0 Å². The second-order valence-electron chi connectivity index (χ2n) is 21.5. The average molecular weight is 900 g/mol. The number of esters is 1. The molecule has 0 aromatic rings. The topological polar surface area (TPSA) is 26.3 Å². The largest absolute Gasteiger partial charge is 0.466 e. The Hall–Kier alpha value is -0.790. The van der Waals surface area contributed by atoms with Gasteiger partial charge in [0.2, 0.25) is 0 Å². The first-order valence-corrected chi connectivity index (χ1v) is 30.5. The first kappa shape index (κ1) is 63.2. The summed E-state index contributed by atoms with van der Waals surface area (Å²) in [6.45, 7) is 7.63. The first-order chi connectivity index (χ1) is 31.7. The third kappa shape index (κ3) is 59.2. The fourth-order valence-electron chi connectivity index (χ4n) is 9.79. The molecule has 2 nitrogen and oxygen atoms in total. The SMILES string of the molecule is CCCCCCCCC=CCCCCCCCCCCCCCC(=O)OCCCCCCCCCCCCCCCCCCCCCCCCCCCCCCCCCCCC(C)C. The third-order valence-electron chi connectivity index (χ3n) is 14.3. The van der Waals surface area contributed by atoms with Gasteiger partial charge in [0.25, 0.3) is 0 Å². The minimum atomic E-state index is 0.0318. The maximum Gasteiger partial charge on any atom is 0.305 e. The highest BCUT2D eigenvalue weighted by molar-refractivity contribution is 5.69. The lowest BCUT2D eigenvalue weighted by atomic mass is 10.0.